The normalized spacial score (nSPS) is 24.2. The van der Waals surface area contributed by atoms with Gasteiger partial charge in [-0.25, -0.2) is 0 Å². The average molecular weight is 221 g/mol. The van der Waals surface area contributed by atoms with Gasteiger partial charge in [0.05, 0.1) is 5.92 Å². The summed E-state index contributed by atoms with van der Waals surface area (Å²) in [6, 6.07) is 6.74. The van der Waals surface area contributed by atoms with Crippen molar-refractivity contribution in [3.8, 4) is 5.75 Å². The van der Waals surface area contributed by atoms with Gasteiger partial charge in [0.25, 0.3) is 0 Å². The molecule has 1 aromatic rings. The topological polar surface area (TPSA) is 69.6 Å². The van der Waals surface area contributed by atoms with E-state index in [9.17, 15) is 9.90 Å². The van der Waals surface area contributed by atoms with Crippen molar-refractivity contribution in [2.75, 3.05) is 5.32 Å². The molecule has 86 valence electrons. The quantitative estimate of drug-likeness (QED) is 0.730. The van der Waals surface area contributed by atoms with Crippen molar-refractivity contribution in [3.63, 3.8) is 0 Å². The SMILES string of the molecule is O=C(O)C1CCCC1Nc1cccc(O)c1. The Hall–Kier alpha value is -1.71. The van der Waals surface area contributed by atoms with Crippen LogP contribution < -0.4 is 5.32 Å². The number of hydrogen-bond acceptors (Lipinski definition) is 3. The molecule has 16 heavy (non-hydrogen) atoms. The Kier molecular flexibility index (Phi) is 2.99. The zero-order valence-electron chi connectivity index (χ0n) is 8.89. The van der Waals surface area contributed by atoms with E-state index in [0.717, 1.165) is 24.9 Å². The first-order chi connectivity index (χ1) is 7.66. The third kappa shape index (κ3) is 2.27. The molecule has 2 rings (SSSR count). The second kappa shape index (κ2) is 4.43. The molecule has 0 aliphatic heterocycles. The third-order valence-corrected chi connectivity index (χ3v) is 3.03. The third-order valence-electron chi connectivity index (χ3n) is 3.03. The second-order valence-corrected chi connectivity index (χ2v) is 4.18. The van der Waals surface area contributed by atoms with Crippen molar-refractivity contribution in [2.24, 2.45) is 5.92 Å². The Labute approximate surface area is 93.9 Å². The van der Waals surface area contributed by atoms with Crippen molar-refractivity contribution in [1.82, 2.24) is 0 Å². The lowest BCUT2D eigenvalue weighted by Crippen LogP contribution is -2.29. The van der Waals surface area contributed by atoms with E-state index >= 15 is 0 Å². The first kappa shape index (κ1) is 10.8. The molecule has 4 heteroatoms. The van der Waals surface area contributed by atoms with Crippen LogP contribution in [-0.2, 0) is 4.79 Å². The molecule has 2 unspecified atom stereocenters. The van der Waals surface area contributed by atoms with Crippen LogP contribution in [-0.4, -0.2) is 22.2 Å². The number of anilines is 1. The fourth-order valence-corrected chi connectivity index (χ4v) is 2.24. The van der Waals surface area contributed by atoms with Gasteiger partial charge >= 0.3 is 5.97 Å². The van der Waals surface area contributed by atoms with E-state index in [4.69, 9.17) is 5.11 Å². The van der Waals surface area contributed by atoms with Gasteiger partial charge in [0.1, 0.15) is 5.75 Å². The van der Waals surface area contributed by atoms with E-state index in [0.29, 0.717) is 0 Å². The van der Waals surface area contributed by atoms with E-state index in [1.165, 1.54) is 0 Å². The van der Waals surface area contributed by atoms with Crippen molar-refractivity contribution in [3.05, 3.63) is 24.3 Å². The summed E-state index contributed by atoms with van der Waals surface area (Å²) in [6.45, 7) is 0. The van der Waals surface area contributed by atoms with E-state index in [-0.39, 0.29) is 17.7 Å². The maximum absolute atomic E-state index is 11.0. The van der Waals surface area contributed by atoms with Crippen molar-refractivity contribution in [2.45, 2.75) is 25.3 Å². The van der Waals surface area contributed by atoms with Crippen LogP contribution in [0.15, 0.2) is 24.3 Å². The van der Waals surface area contributed by atoms with Crippen LogP contribution in [0, 0.1) is 5.92 Å². The minimum atomic E-state index is -0.741. The average Bonchev–Trinajstić information content (AvgIpc) is 2.66. The molecule has 0 radical (unpaired) electrons. The Balaban J connectivity index is 2.06. The highest BCUT2D eigenvalue weighted by molar-refractivity contribution is 5.72. The summed E-state index contributed by atoms with van der Waals surface area (Å²) in [6.07, 6.45) is 2.53. The number of phenols is 1. The highest BCUT2D eigenvalue weighted by atomic mass is 16.4. The summed E-state index contributed by atoms with van der Waals surface area (Å²) in [7, 11) is 0. The van der Waals surface area contributed by atoms with Gasteiger partial charge < -0.3 is 15.5 Å². The van der Waals surface area contributed by atoms with Crippen LogP contribution >= 0.6 is 0 Å². The molecule has 0 bridgehead atoms. The number of nitrogens with one attached hydrogen (secondary N) is 1. The van der Waals surface area contributed by atoms with Crippen LogP contribution in [0.2, 0.25) is 0 Å². The van der Waals surface area contributed by atoms with Crippen LogP contribution in [0.5, 0.6) is 5.75 Å². The number of carboxylic acid groups (broad SMARTS) is 1. The van der Waals surface area contributed by atoms with Crippen LogP contribution in [0.4, 0.5) is 5.69 Å². The lowest BCUT2D eigenvalue weighted by molar-refractivity contribution is -0.141. The largest absolute Gasteiger partial charge is 0.508 e. The van der Waals surface area contributed by atoms with E-state index < -0.39 is 5.97 Å². The molecule has 0 aromatic heterocycles. The zero-order valence-corrected chi connectivity index (χ0v) is 8.89. The van der Waals surface area contributed by atoms with Gasteiger partial charge in [0, 0.05) is 17.8 Å². The van der Waals surface area contributed by atoms with E-state index in [1.807, 2.05) is 6.07 Å². The lowest BCUT2D eigenvalue weighted by Gasteiger charge is -2.18. The van der Waals surface area contributed by atoms with Gasteiger partial charge in [-0.05, 0) is 25.0 Å². The Morgan fingerprint density at radius 3 is 2.88 bits per heavy atom. The van der Waals surface area contributed by atoms with Crippen LogP contribution in [0.25, 0.3) is 0 Å². The number of carboxylic acids is 1. The summed E-state index contributed by atoms with van der Waals surface area (Å²) >= 11 is 0. The second-order valence-electron chi connectivity index (χ2n) is 4.18. The molecular weight excluding hydrogens is 206 g/mol. The fourth-order valence-electron chi connectivity index (χ4n) is 2.24. The summed E-state index contributed by atoms with van der Waals surface area (Å²) < 4.78 is 0. The Morgan fingerprint density at radius 2 is 2.19 bits per heavy atom. The number of phenolic OH excluding ortho intramolecular Hbond substituents is 1. The molecule has 2 atom stereocenters. The molecule has 3 N–H and O–H groups in total. The maximum Gasteiger partial charge on any atom is 0.308 e. The van der Waals surface area contributed by atoms with Gasteiger partial charge in [-0.3, -0.25) is 4.79 Å². The first-order valence-corrected chi connectivity index (χ1v) is 5.45. The number of hydrogen-bond donors (Lipinski definition) is 3. The standard InChI is InChI=1S/C12H15NO3/c14-9-4-1-3-8(7-9)13-11-6-2-5-10(11)12(15)16/h1,3-4,7,10-11,13-14H,2,5-6H2,(H,15,16). The smallest absolute Gasteiger partial charge is 0.308 e. The van der Waals surface area contributed by atoms with Gasteiger partial charge in [0.2, 0.25) is 0 Å². The number of rotatable bonds is 3. The molecule has 0 amide bonds. The minimum Gasteiger partial charge on any atom is -0.508 e. The van der Waals surface area contributed by atoms with Crippen LogP contribution in [0.3, 0.4) is 0 Å². The molecule has 0 heterocycles. The van der Waals surface area contributed by atoms with Crippen molar-refractivity contribution >= 4 is 11.7 Å². The summed E-state index contributed by atoms with van der Waals surface area (Å²) in [5.74, 6) is -0.868. The molecule has 4 nitrogen and oxygen atoms in total. The monoisotopic (exact) mass is 221 g/mol. The Bertz CT molecular complexity index is 392. The molecule has 1 aromatic carbocycles. The molecule has 0 saturated heterocycles. The predicted octanol–water partition coefficient (Wildman–Crippen LogP) is 2.06. The van der Waals surface area contributed by atoms with Gasteiger partial charge in [-0.2, -0.15) is 0 Å². The molecule has 1 aliphatic rings. The number of benzene rings is 1. The molecule has 1 saturated carbocycles. The number of aliphatic carboxylic acids is 1. The highest BCUT2D eigenvalue weighted by Gasteiger charge is 2.32. The predicted molar refractivity (Wildman–Crippen MR) is 60.5 cm³/mol. The van der Waals surface area contributed by atoms with Gasteiger partial charge in [-0.1, -0.05) is 12.5 Å². The van der Waals surface area contributed by atoms with Crippen molar-refractivity contribution < 1.29 is 15.0 Å². The molecule has 1 fully saturated rings. The number of aromatic hydroxyl groups is 1. The minimum absolute atomic E-state index is 0.0284. The summed E-state index contributed by atoms with van der Waals surface area (Å²) in [5.41, 5.74) is 0.776. The van der Waals surface area contributed by atoms with Crippen LogP contribution in [0.1, 0.15) is 19.3 Å². The Morgan fingerprint density at radius 1 is 1.38 bits per heavy atom. The molecule has 1 aliphatic carbocycles. The van der Waals surface area contributed by atoms with E-state index in [1.54, 1.807) is 18.2 Å². The maximum atomic E-state index is 11.0. The summed E-state index contributed by atoms with van der Waals surface area (Å²) in [4.78, 5) is 11.0. The van der Waals surface area contributed by atoms with Crippen molar-refractivity contribution in [1.29, 1.82) is 0 Å². The summed E-state index contributed by atoms with van der Waals surface area (Å²) in [5, 5.41) is 21.5. The fraction of sp³-hybridized carbons (Fsp3) is 0.417. The highest BCUT2D eigenvalue weighted by Crippen LogP contribution is 2.29. The first-order valence-electron chi connectivity index (χ1n) is 5.45. The van der Waals surface area contributed by atoms with Gasteiger partial charge in [-0.15, -0.1) is 0 Å². The van der Waals surface area contributed by atoms with Gasteiger partial charge in [0.15, 0.2) is 0 Å². The molecular formula is C12H15NO3. The molecule has 0 spiro atoms. The lowest BCUT2D eigenvalue weighted by atomic mass is 10.0. The van der Waals surface area contributed by atoms with E-state index in [2.05, 4.69) is 5.32 Å². The zero-order chi connectivity index (χ0) is 11.5. The number of carbonyl (C=O) groups is 1.